The molecule has 1 fully saturated rings. The molecule has 2 aromatic heterocycles. The first-order chi connectivity index (χ1) is 16.0. The van der Waals surface area contributed by atoms with Crippen LogP contribution in [-0.2, 0) is 9.47 Å². The summed E-state index contributed by atoms with van der Waals surface area (Å²) < 4.78 is 13.1. The summed E-state index contributed by atoms with van der Waals surface area (Å²) in [6.45, 7) is 5.17. The standard InChI is InChI=1S/C25H26N4O3S/c1-25(2,30)16-27-20-14-22(33-19-6-4-3-5-7-19)28-29-21(15-26-23(20)29)17-8-10-18(11-9-17)24-31-12-13-32-24/h3-11,14-15,24,27,30H,12-13,16H2,1-2H3. The second-order valence-corrected chi connectivity index (χ2v) is 9.65. The van der Waals surface area contributed by atoms with Crippen LogP contribution in [0.5, 0.6) is 0 Å². The minimum Gasteiger partial charge on any atom is -0.389 e. The first-order valence-corrected chi connectivity index (χ1v) is 11.7. The van der Waals surface area contributed by atoms with Gasteiger partial charge in [-0.05, 0) is 32.0 Å². The molecule has 0 amide bonds. The van der Waals surface area contributed by atoms with Crippen LogP contribution in [0.2, 0.25) is 0 Å². The SMILES string of the molecule is CC(C)(O)CNc1cc(Sc2ccccc2)nn2c(-c3ccc(C4OCCO4)cc3)cnc12. The molecule has 1 saturated heterocycles. The van der Waals surface area contributed by atoms with Crippen molar-refractivity contribution in [2.75, 3.05) is 25.1 Å². The molecular formula is C25H26N4O3S. The monoisotopic (exact) mass is 462 g/mol. The summed E-state index contributed by atoms with van der Waals surface area (Å²) in [5.41, 5.74) is 3.53. The maximum atomic E-state index is 10.2. The quantitative estimate of drug-likeness (QED) is 0.409. The van der Waals surface area contributed by atoms with Crippen molar-refractivity contribution in [1.82, 2.24) is 14.6 Å². The van der Waals surface area contributed by atoms with Crippen LogP contribution in [0.25, 0.3) is 16.9 Å². The zero-order chi connectivity index (χ0) is 22.8. The lowest BCUT2D eigenvalue weighted by Gasteiger charge is -2.19. The number of rotatable bonds is 7. The Balaban J connectivity index is 1.53. The second kappa shape index (κ2) is 9.15. The van der Waals surface area contributed by atoms with Crippen molar-refractivity contribution >= 4 is 23.1 Å². The third-order valence-corrected chi connectivity index (χ3v) is 6.14. The van der Waals surface area contributed by atoms with Gasteiger partial charge in [-0.3, -0.25) is 0 Å². The predicted octanol–water partition coefficient (Wildman–Crippen LogP) is 4.78. The predicted molar refractivity (Wildman–Crippen MR) is 128 cm³/mol. The van der Waals surface area contributed by atoms with Crippen molar-refractivity contribution in [3.8, 4) is 11.3 Å². The minimum absolute atomic E-state index is 0.300. The van der Waals surface area contributed by atoms with Gasteiger partial charge in [-0.25, -0.2) is 9.50 Å². The van der Waals surface area contributed by atoms with Crippen molar-refractivity contribution < 1.29 is 14.6 Å². The number of ether oxygens (including phenoxy) is 2. The Labute approximate surface area is 196 Å². The van der Waals surface area contributed by atoms with Gasteiger partial charge in [0.2, 0.25) is 0 Å². The summed E-state index contributed by atoms with van der Waals surface area (Å²) in [5, 5.41) is 19.3. The number of aliphatic hydroxyl groups is 1. The highest BCUT2D eigenvalue weighted by molar-refractivity contribution is 7.99. The Morgan fingerprint density at radius 1 is 1.09 bits per heavy atom. The van der Waals surface area contributed by atoms with Crippen LogP contribution in [0.15, 0.2) is 76.8 Å². The van der Waals surface area contributed by atoms with Gasteiger partial charge in [-0.15, -0.1) is 0 Å². The lowest BCUT2D eigenvalue weighted by atomic mass is 10.1. The molecule has 5 rings (SSSR count). The Morgan fingerprint density at radius 2 is 1.82 bits per heavy atom. The van der Waals surface area contributed by atoms with Crippen molar-refractivity contribution in [3.05, 3.63) is 72.4 Å². The number of hydrogen-bond acceptors (Lipinski definition) is 7. The fraction of sp³-hybridized carbons (Fsp3) is 0.280. The number of benzene rings is 2. The Morgan fingerprint density at radius 3 is 2.52 bits per heavy atom. The maximum absolute atomic E-state index is 10.2. The molecule has 4 aromatic rings. The number of fused-ring (bicyclic) bond motifs is 1. The number of anilines is 1. The van der Waals surface area contributed by atoms with Crippen LogP contribution in [-0.4, -0.2) is 45.1 Å². The first-order valence-electron chi connectivity index (χ1n) is 10.9. The fourth-order valence-electron chi connectivity index (χ4n) is 3.61. The van der Waals surface area contributed by atoms with Crippen molar-refractivity contribution in [1.29, 1.82) is 0 Å². The third kappa shape index (κ3) is 5.04. The van der Waals surface area contributed by atoms with Crippen molar-refractivity contribution in [2.45, 2.75) is 35.7 Å². The first kappa shape index (κ1) is 21.9. The molecule has 7 nitrogen and oxygen atoms in total. The van der Waals surface area contributed by atoms with Gasteiger partial charge in [0.05, 0.1) is 36.4 Å². The van der Waals surface area contributed by atoms with Crippen LogP contribution >= 0.6 is 11.8 Å². The molecular weight excluding hydrogens is 436 g/mol. The summed E-state index contributed by atoms with van der Waals surface area (Å²) in [6.07, 6.45) is 1.53. The van der Waals surface area contributed by atoms with E-state index in [0.29, 0.717) is 25.4 Å². The molecule has 0 unspecified atom stereocenters. The maximum Gasteiger partial charge on any atom is 0.184 e. The molecule has 2 N–H and O–H groups in total. The van der Waals surface area contributed by atoms with Gasteiger partial charge in [0.1, 0.15) is 5.03 Å². The highest BCUT2D eigenvalue weighted by Crippen LogP contribution is 2.32. The molecule has 0 bridgehead atoms. The molecule has 170 valence electrons. The smallest absolute Gasteiger partial charge is 0.184 e. The highest BCUT2D eigenvalue weighted by Gasteiger charge is 2.20. The van der Waals surface area contributed by atoms with Gasteiger partial charge >= 0.3 is 0 Å². The zero-order valence-electron chi connectivity index (χ0n) is 18.6. The molecule has 0 radical (unpaired) electrons. The van der Waals surface area contributed by atoms with E-state index >= 15 is 0 Å². The molecule has 0 spiro atoms. The highest BCUT2D eigenvalue weighted by atomic mass is 32.2. The van der Waals surface area contributed by atoms with E-state index in [2.05, 4.69) is 22.4 Å². The normalized spacial score (nSPS) is 14.8. The Hall–Kier alpha value is -2.91. The van der Waals surface area contributed by atoms with Crippen LogP contribution in [0.1, 0.15) is 25.7 Å². The molecule has 3 heterocycles. The lowest BCUT2D eigenvalue weighted by molar-refractivity contribution is -0.0441. The molecule has 0 atom stereocenters. The summed E-state index contributed by atoms with van der Waals surface area (Å²) in [7, 11) is 0. The van der Waals surface area contributed by atoms with Crippen LogP contribution in [0.3, 0.4) is 0 Å². The molecule has 2 aromatic carbocycles. The van der Waals surface area contributed by atoms with Crippen molar-refractivity contribution in [2.24, 2.45) is 0 Å². The largest absolute Gasteiger partial charge is 0.389 e. The number of imidazole rings is 1. The van der Waals surface area contributed by atoms with Gasteiger partial charge in [0.15, 0.2) is 11.9 Å². The number of aromatic nitrogens is 3. The van der Waals surface area contributed by atoms with E-state index in [0.717, 1.165) is 32.4 Å². The third-order valence-electron chi connectivity index (χ3n) is 5.22. The summed E-state index contributed by atoms with van der Waals surface area (Å²) in [6, 6.07) is 20.2. The molecule has 0 aliphatic carbocycles. The van der Waals surface area contributed by atoms with Crippen LogP contribution in [0.4, 0.5) is 5.69 Å². The molecule has 33 heavy (non-hydrogen) atoms. The summed E-state index contributed by atoms with van der Waals surface area (Å²) >= 11 is 1.58. The minimum atomic E-state index is -0.859. The molecule has 1 aliphatic heterocycles. The Kier molecular flexibility index (Phi) is 6.07. The van der Waals surface area contributed by atoms with E-state index in [-0.39, 0.29) is 6.29 Å². The van der Waals surface area contributed by atoms with E-state index in [4.69, 9.17) is 14.6 Å². The van der Waals surface area contributed by atoms with Gasteiger partial charge in [0.25, 0.3) is 0 Å². The van der Waals surface area contributed by atoms with E-state index in [9.17, 15) is 5.11 Å². The second-order valence-electron chi connectivity index (χ2n) is 8.55. The van der Waals surface area contributed by atoms with Crippen molar-refractivity contribution in [3.63, 3.8) is 0 Å². The summed E-state index contributed by atoms with van der Waals surface area (Å²) in [5.74, 6) is 0. The van der Waals surface area contributed by atoms with E-state index in [1.807, 2.05) is 59.2 Å². The molecule has 1 aliphatic rings. The van der Waals surface area contributed by atoms with Crippen LogP contribution in [0, 0.1) is 0 Å². The summed E-state index contributed by atoms with van der Waals surface area (Å²) in [4.78, 5) is 5.74. The van der Waals surface area contributed by atoms with Gasteiger partial charge in [0, 0.05) is 22.6 Å². The average Bonchev–Trinajstić information content (AvgIpc) is 3.48. The fourth-order valence-corrected chi connectivity index (χ4v) is 4.44. The number of nitrogens with zero attached hydrogens (tertiary/aromatic N) is 3. The molecule has 0 saturated carbocycles. The zero-order valence-corrected chi connectivity index (χ0v) is 19.4. The Bertz CT molecular complexity index is 1230. The van der Waals surface area contributed by atoms with Gasteiger partial charge in [-0.2, -0.15) is 5.10 Å². The van der Waals surface area contributed by atoms with E-state index in [1.165, 1.54) is 0 Å². The average molecular weight is 463 g/mol. The van der Waals surface area contributed by atoms with Crippen LogP contribution < -0.4 is 5.32 Å². The van der Waals surface area contributed by atoms with E-state index < -0.39 is 5.60 Å². The van der Waals surface area contributed by atoms with Gasteiger partial charge < -0.3 is 19.9 Å². The molecule has 8 heteroatoms. The number of hydrogen-bond donors (Lipinski definition) is 2. The van der Waals surface area contributed by atoms with E-state index in [1.54, 1.807) is 25.6 Å². The van der Waals surface area contributed by atoms with Gasteiger partial charge in [-0.1, -0.05) is 54.2 Å². The topological polar surface area (TPSA) is 80.9 Å². The lowest BCUT2D eigenvalue weighted by Crippen LogP contribution is -2.29. The number of nitrogens with one attached hydrogen (secondary N) is 1.